The maximum Gasteiger partial charge on any atom is 0.328 e. The Labute approximate surface area is 106 Å². The fourth-order valence-electron chi connectivity index (χ4n) is 1.87. The molecule has 3 nitrogen and oxygen atoms in total. The molecule has 0 saturated heterocycles. The van der Waals surface area contributed by atoms with E-state index in [1.807, 2.05) is 37.3 Å². The zero-order chi connectivity index (χ0) is 13.0. The Morgan fingerprint density at radius 2 is 1.94 bits per heavy atom. The summed E-state index contributed by atoms with van der Waals surface area (Å²) in [6.07, 6.45) is 2.79. The molecule has 0 amide bonds. The Kier molecular flexibility index (Phi) is 3.63. The van der Waals surface area contributed by atoms with Crippen LogP contribution in [0.25, 0.3) is 6.08 Å². The van der Waals surface area contributed by atoms with Gasteiger partial charge in [-0.05, 0) is 30.7 Å². The molecule has 0 atom stereocenters. The second kappa shape index (κ2) is 5.36. The van der Waals surface area contributed by atoms with Crippen LogP contribution in [-0.4, -0.2) is 15.6 Å². The minimum atomic E-state index is -0.930. The highest BCUT2D eigenvalue weighted by atomic mass is 16.4. The first-order valence-corrected chi connectivity index (χ1v) is 5.78. The average molecular weight is 241 g/mol. The molecule has 0 bridgehead atoms. The first kappa shape index (κ1) is 12.2. The van der Waals surface area contributed by atoms with Crippen LogP contribution in [0.3, 0.4) is 0 Å². The lowest BCUT2D eigenvalue weighted by Crippen LogP contribution is -2.03. The number of aryl methyl sites for hydroxylation is 1. The van der Waals surface area contributed by atoms with E-state index in [9.17, 15) is 4.79 Å². The lowest BCUT2D eigenvalue weighted by atomic mass is 10.2. The molecule has 0 aliphatic carbocycles. The number of carboxylic acid groups (broad SMARTS) is 1. The highest BCUT2D eigenvalue weighted by Gasteiger charge is 2.03. The molecule has 92 valence electrons. The summed E-state index contributed by atoms with van der Waals surface area (Å²) in [6.45, 7) is 2.76. The number of carboxylic acids is 1. The smallest absolute Gasteiger partial charge is 0.328 e. The minimum absolute atomic E-state index is 0.749. The van der Waals surface area contributed by atoms with Crippen molar-refractivity contribution >= 4 is 12.0 Å². The van der Waals surface area contributed by atoms with Crippen molar-refractivity contribution in [2.75, 3.05) is 0 Å². The predicted molar refractivity (Wildman–Crippen MR) is 71.4 cm³/mol. The first-order chi connectivity index (χ1) is 8.66. The molecule has 1 aromatic carbocycles. The van der Waals surface area contributed by atoms with E-state index in [1.54, 1.807) is 6.08 Å². The van der Waals surface area contributed by atoms with E-state index in [-0.39, 0.29) is 0 Å². The number of hydrogen-bond donors (Lipinski definition) is 1. The van der Waals surface area contributed by atoms with Gasteiger partial charge in [-0.1, -0.05) is 30.3 Å². The van der Waals surface area contributed by atoms with Crippen LogP contribution in [0.15, 0.2) is 48.5 Å². The number of rotatable bonds is 4. The summed E-state index contributed by atoms with van der Waals surface area (Å²) in [5, 5.41) is 8.67. The lowest BCUT2D eigenvalue weighted by Gasteiger charge is -2.09. The number of aromatic nitrogens is 1. The van der Waals surface area contributed by atoms with E-state index < -0.39 is 5.97 Å². The monoisotopic (exact) mass is 241 g/mol. The van der Waals surface area contributed by atoms with Crippen LogP contribution in [0.4, 0.5) is 0 Å². The Morgan fingerprint density at radius 1 is 1.22 bits per heavy atom. The number of aliphatic carboxylic acids is 1. The molecule has 0 aliphatic heterocycles. The van der Waals surface area contributed by atoms with Gasteiger partial charge in [0.05, 0.1) is 0 Å². The van der Waals surface area contributed by atoms with Crippen molar-refractivity contribution in [2.24, 2.45) is 0 Å². The Hall–Kier alpha value is -2.29. The van der Waals surface area contributed by atoms with Crippen LogP contribution >= 0.6 is 0 Å². The van der Waals surface area contributed by atoms with Gasteiger partial charge in [0, 0.05) is 24.0 Å². The van der Waals surface area contributed by atoms with E-state index in [0.717, 1.165) is 24.0 Å². The summed E-state index contributed by atoms with van der Waals surface area (Å²) in [5.74, 6) is -0.930. The van der Waals surface area contributed by atoms with Gasteiger partial charge in [0.25, 0.3) is 0 Å². The summed E-state index contributed by atoms with van der Waals surface area (Å²) in [5.41, 5.74) is 3.21. The van der Waals surface area contributed by atoms with Gasteiger partial charge in [0.2, 0.25) is 0 Å². The second-order valence-electron chi connectivity index (χ2n) is 4.14. The van der Waals surface area contributed by atoms with Gasteiger partial charge in [0.15, 0.2) is 0 Å². The van der Waals surface area contributed by atoms with Gasteiger partial charge in [-0.25, -0.2) is 4.79 Å². The molecular weight excluding hydrogens is 226 g/mol. The van der Waals surface area contributed by atoms with Crippen LogP contribution in [-0.2, 0) is 11.3 Å². The van der Waals surface area contributed by atoms with Gasteiger partial charge >= 0.3 is 5.97 Å². The zero-order valence-corrected chi connectivity index (χ0v) is 10.2. The summed E-state index contributed by atoms with van der Waals surface area (Å²) in [4.78, 5) is 10.6. The quantitative estimate of drug-likeness (QED) is 0.836. The molecule has 1 heterocycles. The molecule has 18 heavy (non-hydrogen) atoms. The highest BCUT2D eigenvalue weighted by Crippen LogP contribution is 2.13. The van der Waals surface area contributed by atoms with E-state index in [4.69, 9.17) is 5.11 Å². The average Bonchev–Trinajstić information content (AvgIpc) is 2.70. The molecule has 0 fully saturated rings. The van der Waals surface area contributed by atoms with Crippen molar-refractivity contribution in [3.8, 4) is 0 Å². The molecule has 2 rings (SSSR count). The fourth-order valence-corrected chi connectivity index (χ4v) is 1.87. The second-order valence-corrected chi connectivity index (χ2v) is 4.14. The van der Waals surface area contributed by atoms with Crippen LogP contribution in [0.5, 0.6) is 0 Å². The summed E-state index contributed by atoms with van der Waals surface area (Å²) in [7, 11) is 0. The molecular formula is C15H15NO2. The van der Waals surface area contributed by atoms with Crippen molar-refractivity contribution in [3.63, 3.8) is 0 Å². The molecule has 0 radical (unpaired) electrons. The van der Waals surface area contributed by atoms with E-state index in [1.165, 1.54) is 5.56 Å². The van der Waals surface area contributed by atoms with E-state index in [2.05, 4.69) is 16.7 Å². The van der Waals surface area contributed by atoms with Crippen LogP contribution in [0, 0.1) is 6.92 Å². The number of hydrogen-bond acceptors (Lipinski definition) is 1. The van der Waals surface area contributed by atoms with Gasteiger partial charge < -0.3 is 9.67 Å². The molecule has 0 spiro atoms. The molecule has 2 aromatic rings. The maximum atomic E-state index is 10.6. The predicted octanol–water partition coefficient (Wildman–Crippen LogP) is 2.94. The lowest BCUT2D eigenvalue weighted by molar-refractivity contribution is -0.131. The SMILES string of the molecule is Cc1ccc(/C=C/C(=O)O)n1Cc1ccccc1. The standard InChI is InChI=1S/C15H15NO2/c1-12-7-8-14(9-10-15(17)18)16(12)11-13-5-3-2-4-6-13/h2-10H,11H2,1H3,(H,17,18)/b10-9+. The van der Waals surface area contributed by atoms with E-state index in [0.29, 0.717) is 0 Å². The largest absolute Gasteiger partial charge is 0.478 e. The molecule has 0 saturated carbocycles. The Bertz CT molecular complexity index is 567. The van der Waals surface area contributed by atoms with Crippen LogP contribution in [0.1, 0.15) is 17.0 Å². The van der Waals surface area contributed by atoms with E-state index >= 15 is 0 Å². The van der Waals surface area contributed by atoms with Gasteiger partial charge in [-0.15, -0.1) is 0 Å². The van der Waals surface area contributed by atoms with Crippen molar-refractivity contribution in [3.05, 3.63) is 65.5 Å². The van der Waals surface area contributed by atoms with Gasteiger partial charge in [-0.2, -0.15) is 0 Å². The zero-order valence-electron chi connectivity index (χ0n) is 10.2. The van der Waals surface area contributed by atoms with Crippen molar-refractivity contribution in [1.29, 1.82) is 0 Å². The van der Waals surface area contributed by atoms with Crippen molar-refractivity contribution in [2.45, 2.75) is 13.5 Å². The maximum absolute atomic E-state index is 10.6. The molecule has 1 aromatic heterocycles. The first-order valence-electron chi connectivity index (χ1n) is 5.78. The fraction of sp³-hybridized carbons (Fsp3) is 0.133. The third kappa shape index (κ3) is 2.88. The number of benzene rings is 1. The third-order valence-corrected chi connectivity index (χ3v) is 2.81. The van der Waals surface area contributed by atoms with Crippen molar-refractivity contribution in [1.82, 2.24) is 4.57 Å². The molecule has 3 heteroatoms. The molecule has 1 N–H and O–H groups in total. The summed E-state index contributed by atoms with van der Waals surface area (Å²) in [6, 6.07) is 14.0. The van der Waals surface area contributed by atoms with Gasteiger partial charge in [0.1, 0.15) is 0 Å². The highest BCUT2D eigenvalue weighted by molar-refractivity contribution is 5.85. The van der Waals surface area contributed by atoms with Crippen molar-refractivity contribution < 1.29 is 9.90 Å². The Balaban J connectivity index is 2.27. The van der Waals surface area contributed by atoms with Crippen LogP contribution in [0.2, 0.25) is 0 Å². The number of carbonyl (C=O) groups is 1. The normalized spacial score (nSPS) is 10.9. The van der Waals surface area contributed by atoms with Gasteiger partial charge in [-0.3, -0.25) is 0 Å². The summed E-state index contributed by atoms with van der Waals surface area (Å²) >= 11 is 0. The van der Waals surface area contributed by atoms with Crippen LogP contribution < -0.4 is 0 Å². The minimum Gasteiger partial charge on any atom is -0.478 e. The molecule has 0 aliphatic rings. The third-order valence-electron chi connectivity index (χ3n) is 2.81. The summed E-state index contributed by atoms with van der Waals surface area (Å²) < 4.78 is 2.09. The topological polar surface area (TPSA) is 42.2 Å². The number of nitrogens with zero attached hydrogens (tertiary/aromatic N) is 1. The molecule has 0 unspecified atom stereocenters. The Morgan fingerprint density at radius 3 is 2.61 bits per heavy atom.